The molecule has 3 aliphatic carbocycles. The van der Waals surface area contributed by atoms with Crippen LogP contribution < -0.4 is 0 Å². The minimum absolute atomic E-state index is 0.491. The Morgan fingerprint density at radius 3 is 1.93 bits per heavy atom. The summed E-state index contributed by atoms with van der Waals surface area (Å²) < 4.78 is 0. The first-order valence-corrected chi connectivity index (χ1v) is 6.91. The molecular weight excluding hydrogens is 180 g/mol. The van der Waals surface area contributed by atoms with Crippen LogP contribution in [0, 0.1) is 22.7 Å². The molecule has 0 amide bonds. The second-order valence-electron chi connectivity index (χ2n) is 7.44. The lowest BCUT2D eigenvalue weighted by atomic mass is 9.57. The highest BCUT2D eigenvalue weighted by molar-refractivity contribution is 4.92. The summed E-state index contributed by atoms with van der Waals surface area (Å²) in [4.78, 5) is 0. The zero-order valence-corrected chi connectivity index (χ0v) is 11.1. The molecule has 1 unspecified atom stereocenters. The second-order valence-corrected chi connectivity index (χ2v) is 7.44. The molecule has 0 aromatic heterocycles. The van der Waals surface area contributed by atoms with E-state index in [2.05, 4.69) is 27.7 Å². The third kappa shape index (κ3) is 2.24. The Labute approximate surface area is 95.8 Å². The molecule has 3 rings (SSSR count). The third-order valence-corrected chi connectivity index (χ3v) is 5.62. The Balaban J connectivity index is 2.14. The van der Waals surface area contributed by atoms with Gasteiger partial charge in [-0.05, 0) is 41.9 Å². The SMILES string of the molecule is CC(C)(C)C1(C)CCC2CCC(CC2)C1. The van der Waals surface area contributed by atoms with E-state index < -0.39 is 0 Å². The lowest BCUT2D eigenvalue weighted by Crippen LogP contribution is -2.38. The van der Waals surface area contributed by atoms with Gasteiger partial charge < -0.3 is 0 Å². The van der Waals surface area contributed by atoms with Crippen molar-refractivity contribution in [1.82, 2.24) is 0 Å². The molecule has 0 radical (unpaired) electrons. The normalized spacial score (nSPS) is 42.4. The van der Waals surface area contributed by atoms with Crippen molar-refractivity contribution < 1.29 is 0 Å². The van der Waals surface area contributed by atoms with Crippen molar-refractivity contribution in [1.29, 1.82) is 0 Å². The van der Waals surface area contributed by atoms with Gasteiger partial charge in [0.25, 0.3) is 0 Å². The first-order valence-electron chi connectivity index (χ1n) is 6.91. The van der Waals surface area contributed by atoms with Crippen molar-refractivity contribution >= 4 is 0 Å². The van der Waals surface area contributed by atoms with Gasteiger partial charge in [-0.15, -0.1) is 0 Å². The van der Waals surface area contributed by atoms with E-state index in [-0.39, 0.29) is 0 Å². The number of rotatable bonds is 0. The summed E-state index contributed by atoms with van der Waals surface area (Å²) in [5, 5.41) is 0. The van der Waals surface area contributed by atoms with Gasteiger partial charge in [0.15, 0.2) is 0 Å². The smallest absolute Gasteiger partial charge is 0.0274 e. The van der Waals surface area contributed by atoms with Gasteiger partial charge in [-0.3, -0.25) is 0 Å². The van der Waals surface area contributed by atoms with E-state index >= 15 is 0 Å². The molecule has 0 nitrogen and oxygen atoms in total. The molecule has 88 valence electrons. The molecule has 0 heteroatoms. The summed E-state index contributed by atoms with van der Waals surface area (Å²) in [5.41, 5.74) is 1.08. The molecule has 0 saturated heterocycles. The summed E-state index contributed by atoms with van der Waals surface area (Å²) in [6.07, 6.45) is 10.6. The van der Waals surface area contributed by atoms with Crippen molar-refractivity contribution in [3.63, 3.8) is 0 Å². The van der Waals surface area contributed by atoms with Crippen LogP contribution in [0.1, 0.15) is 72.6 Å². The fraction of sp³-hybridized carbons (Fsp3) is 1.00. The molecular formula is C15H28. The van der Waals surface area contributed by atoms with Crippen LogP contribution in [0.4, 0.5) is 0 Å². The Morgan fingerprint density at radius 1 is 0.867 bits per heavy atom. The van der Waals surface area contributed by atoms with E-state index in [9.17, 15) is 0 Å². The monoisotopic (exact) mass is 208 g/mol. The molecule has 1 atom stereocenters. The zero-order valence-electron chi connectivity index (χ0n) is 11.1. The van der Waals surface area contributed by atoms with Gasteiger partial charge >= 0.3 is 0 Å². The Kier molecular flexibility index (Phi) is 2.90. The summed E-state index contributed by atoms with van der Waals surface area (Å²) >= 11 is 0. The maximum Gasteiger partial charge on any atom is -0.0274 e. The molecule has 3 saturated carbocycles. The van der Waals surface area contributed by atoms with Gasteiger partial charge in [-0.2, -0.15) is 0 Å². The minimum atomic E-state index is 0.491. The van der Waals surface area contributed by atoms with E-state index in [4.69, 9.17) is 0 Å². The zero-order chi connectivity index (χ0) is 11.1. The molecule has 0 heterocycles. The van der Waals surface area contributed by atoms with E-state index in [1.54, 1.807) is 0 Å². The summed E-state index contributed by atoms with van der Waals surface area (Å²) in [5.74, 6) is 2.12. The molecule has 2 bridgehead atoms. The average Bonchev–Trinajstić information content (AvgIpc) is 2.11. The van der Waals surface area contributed by atoms with Crippen LogP contribution >= 0.6 is 0 Å². The van der Waals surface area contributed by atoms with Gasteiger partial charge in [-0.1, -0.05) is 53.4 Å². The van der Waals surface area contributed by atoms with E-state index in [0.717, 1.165) is 11.8 Å². The predicted octanol–water partition coefficient (Wildman–Crippen LogP) is 5.03. The molecule has 0 aliphatic heterocycles. The van der Waals surface area contributed by atoms with Crippen molar-refractivity contribution in [2.75, 3.05) is 0 Å². The van der Waals surface area contributed by atoms with Gasteiger partial charge in [-0.25, -0.2) is 0 Å². The van der Waals surface area contributed by atoms with Crippen LogP contribution in [0.25, 0.3) is 0 Å². The summed E-state index contributed by atoms with van der Waals surface area (Å²) in [6, 6.07) is 0. The molecule has 3 fully saturated rings. The summed E-state index contributed by atoms with van der Waals surface area (Å²) in [6.45, 7) is 9.89. The maximum atomic E-state index is 2.55. The Hall–Kier alpha value is 0. The number of hydrogen-bond acceptors (Lipinski definition) is 0. The summed E-state index contributed by atoms with van der Waals surface area (Å²) in [7, 11) is 0. The fourth-order valence-corrected chi connectivity index (χ4v) is 3.67. The Bertz CT molecular complexity index is 215. The topological polar surface area (TPSA) is 0 Å². The predicted molar refractivity (Wildman–Crippen MR) is 66.9 cm³/mol. The van der Waals surface area contributed by atoms with Crippen LogP contribution in [-0.4, -0.2) is 0 Å². The highest BCUT2D eigenvalue weighted by Crippen LogP contribution is 2.52. The molecule has 0 aromatic carbocycles. The van der Waals surface area contributed by atoms with E-state index in [0.29, 0.717) is 10.8 Å². The van der Waals surface area contributed by atoms with Crippen LogP contribution in [0.15, 0.2) is 0 Å². The first-order chi connectivity index (χ1) is 6.91. The van der Waals surface area contributed by atoms with Crippen LogP contribution in [0.5, 0.6) is 0 Å². The average molecular weight is 208 g/mol. The van der Waals surface area contributed by atoms with Gasteiger partial charge in [0.1, 0.15) is 0 Å². The standard InChI is InChI=1S/C15H28/c1-14(2,3)15(4)10-9-12-5-7-13(11-15)8-6-12/h12-13H,5-11H2,1-4H3. The van der Waals surface area contributed by atoms with Crippen molar-refractivity contribution in [2.45, 2.75) is 72.6 Å². The first kappa shape index (κ1) is 11.5. The minimum Gasteiger partial charge on any atom is -0.0597 e. The van der Waals surface area contributed by atoms with E-state index in [1.807, 2.05) is 0 Å². The Morgan fingerprint density at radius 2 is 1.40 bits per heavy atom. The van der Waals surface area contributed by atoms with Crippen LogP contribution in [0.3, 0.4) is 0 Å². The highest BCUT2D eigenvalue weighted by atomic mass is 14.5. The molecule has 0 spiro atoms. The lowest BCUT2D eigenvalue weighted by molar-refractivity contribution is 0.0216. The van der Waals surface area contributed by atoms with Crippen LogP contribution in [-0.2, 0) is 0 Å². The molecule has 0 N–H and O–H groups in total. The van der Waals surface area contributed by atoms with Gasteiger partial charge in [0, 0.05) is 0 Å². The number of fused-ring (bicyclic) bond motifs is 5. The van der Waals surface area contributed by atoms with Crippen LogP contribution in [0.2, 0.25) is 0 Å². The highest BCUT2D eigenvalue weighted by Gasteiger charge is 2.41. The quantitative estimate of drug-likeness (QED) is 0.524. The molecule has 3 aliphatic rings. The van der Waals surface area contributed by atoms with Crippen molar-refractivity contribution in [2.24, 2.45) is 22.7 Å². The molecule has 0 aromatic rings. The second kappa shape index (κ2) is 3.79. The van der Waals surface area contributed by atoms with Crippen molar-refractivity contribution in [3.05, 3.63) is 0 Å². The van der Waals surface area contributed by atoms with Gasteiger partial charge in [0.05, 0.1) is 0 Å². The number of hydrogen-bond donors (Lipinski definition) is 0. The third-order valence-electron chi connectivity index (χ3n) is 5.62. The maximum absolute atomic E-state index is 2.55. The molecule has 15 heavy (non-hydrogen) atoms. The van der Waals surface area contributed by atoms with Crippen molar-refractivity contribution in [3.8, 4) is 0 Å². The largest absolute Gasteiger partial charge is 0.0597 e. The fourth-order valence-electron chi connectivity index (χ4n) is 3.67. The lowest BCUT2D eigenvalue weighted by Gasteiger charge is -2.48. The van der Waals surface area contributed by atoms with E-state index in [1.165, 1.54) is 44.9 Å². The van der Waals surface area contributed by atoms with Gasteiger partial charge in [0.2, 0.25) is 0 Å².